The van der Waals surface area contributed by atoms with E-state index in [2.05, 4.69) is 24.2 Å². The van der Waals surface area contributed by atoms with Crippen LogP contribution in [-0.2, 0) is 0 Å². The Labute approximate surface area is 129 Å². The van der Waals surface area contributed by atoms with Crippen molar-refractivity contribution in [3.8, 4) is 0 Å². The minimum Gasteiger partial charge on any atom is -0.361 e. The molecule has 0 radical (unpaired) electrons. The van der Waals surface area contributed by atoms with Crippen LogP contribution in [0, 0.1) is 13.8 Å². The normalized spacial score (nSPS) is 18.4. The maximum absolute atomic E-state index is 12.8. The Kier molecular flexibility index (Phi) is 3.76. The first-order valence-electron chi connectivity index (χ1n) is 7.69. The van der Waals surface area contributed by atoms with Crippen LogP contribution in [0.15, 0.2) is 15.1 Å². The molecule has 0 aromatic carbocycles. The minimum absolute atomic E-state index is 0.0405. The van der Waals surface area contributed by atoms with E-state index in [4.69, 9.17) is 9.05 Å². The molecule has 0 N–H and O–H groups in total. The molecule has 6 heteroatoms. The number of aromatic nitrogens is 2. The van der Waals surface area contributed by atoms with Crippen molar-refractivity contribution in [2.24, 2.45) is 0 Å². The summed E-state index contributed by atoms with van der Waals surface area (Å²) in [4.78, 5) is 14.7. The molecule has 2 aromatic rings. The molecule has 1 amide bonds. The Morgan fingerprint density at radius 1 is 1.32 bits per heavy atom. The highest BCUT2D eigenvalue weighted by Gasteiger charge is 2.35. The van der Waals surface area contributed by atoms with Crippen LogP contribution >= 0.6 is 0 Å². The van der Waals surface area contributed by atoms with Crippen LogP contribution in [-0.4, -0.2) is 27.7 Å². The summed E-state index contributed by atoms with van der Waals surface area (Å²) >= 11 is 0. The summed E-state index contributed by atoms with van der Waals surface area (Å²) in [5.41, 5.74) is 2.12. The maximum Gasteiger partial charge on any atom is 0.259 e. The van der Waals surface area contributed by atoms with Gasteiger partial charge in [0, 0.05) is 12.6 Å². The first-order valence-corrected chi connectivity index (χ1v) is 7.69. The van der Waals surface area contributed by atoms with Gasteiger partial charge < -0.3 is 13.9 Å². The minimum atomic E-state index is -0.0544. The van der Waals surface area contributed by atoms with Crippen LogP contribution in [0.1, 0.15) is 71.9 Å². The number of hydrogen-bond donors (Lipinski definition) is 0. The van der Waals surface area contributed by atoms with E-state index in [1.165, 1.54) is 0 Å². The Morgan fingerprint density at radius 2 is 2.09 bits per heavy atom. The molecule has 3 heterocycles. The summed E-state index contributed by atoms with van der Waals surface area (Å²) in [5, 5.41) is 7.98. The zero-order chi connectivity index (χ0) is 15.9. The molecule has 6 nitrogen and oxygen atoms in total. The van der Waals surface area contributed by atoms with E-state index in [0.29, 0.717) is 29.5 Å². The predicted octanol–water partition coefficient (Wildman–Crippen LogP) is 3.38. The van der Waals surface area contributed by atoms with Crippen LogP contribution in [0.2, 0.25) is 0 Å². The van der Waals surface area contributed by atoms with E-state index in [-0.39, 0.29) is 11.9 Å². The number of carbonyl (C=O) groups is 1. The van der Waals surface area contributed by atoms with E-state index in [0.717, 1.165) is 24.3 Å². The van der Waals surface area contributed by atoms with Crippen molar-refractivity contribution in [2.45, 2.75) is 52.5 Å². The SMILES string of the molecule is Cc1noc(C)c1C(=O)N1CCC[C@H]1c1cc(C(C)C)no1. The Hall–Kier alpha value is -2.11. The smallest absolute Gasteiger partial charge is 0.259 e. The molecule has 1 fully saturated rings. The summed E-state index contributed by atoms with van der Waals surface area (Å²) in [6.07, 6.45) is 1.85. The summed E-state index contributed by atoms with van der Waals surface area (Å²) in [7, 11) is 0. The van der Waals surface area contributed by atoms with Gasteiger partial charge in [0.25, 0.3) is 5.91 Å². The van der Waals surface area contributed by atoms with Gasteiger partial charge >= 0.3 is 0 Å². The molecular formula is C16H21N3O3. The van der Waals surface area contributed by atoms with Crippen molar-refractivity contribution in [1.82, 2.24) is 15.2 Å². The molecular weight excluding hydrogens is 282 g/mol. The van der Waals surface area contributed by atoms with E-state index < -0.39 is 0 Å². The Morgan fingerprint density at radius 3 is 2.68 bits per heavy atom. The highest BCUT2D eigenvalue weighted by Crippen LogP contribution is 2.35. The summed E-state index contributed by atoms with van der Waals surface area (Å²) in [5.74, 6) is 1.60. The van der Waals surface area contributed by atoms with E-state index in [1.54, 1.807) is 13.8 Å². The lowest BCUT2D eigenvalue weighted by molar-refractivity contribution is 0.0712. The first kappa shape index (κ1) is 14.8. The molecule has 0 saturated carbocycles. The third-order valence-electron chi connectivity index (χ3n) is 4.23. The van der Waals surface area contributed by atoms with Crippen LogP contribution in [0.5, 0.6) is 0 Å². The van der Waals surface area contributed by atoms with Gasteiger partial charge in [-0.05, 0) is 32.6 Å². The Balaban J connectivity index is 1.88. The number of carbonyl (C=O) groups excluding carboxylic acids is 1. The predicted molar refractivity (Wildman–Crippen MR) is 79.6 cm³/mol. The molecule has 0 unspecified atom stereocenters. The molecule has 2 aromatic heterocycles. The van der Waals surface area contributed by atoms with E-state index >= 15 is 0 Å². The van der Waals surface area contributed by atoms with Gasteiger partial charge in [-0.3, -0.25) is 4.79 Å². The van der Waals surface area contributed by atoms with Gasteiger partial charge in [-0.2, -0.15) is 0 Å². The monoisotopic (exact) mass is 303 g/mol. The fourth-order valence-corrected chi connectivity index (χ4v) is 2.97. The van der Waals surface area contributed by atoms with Gasteiger partial charge in [0.05, 0.1) is 17.4 Å². The fourth-order valence-electron chi connectivity index (χ4n) is 2.97. The third kappa shape index (κ3) is 2.42. The van der Waals surface area contributed by atoms with Gasteiger partial charge in [-0.15, -0.1) is 0 Å². The number of amides is 1. The molecule has 0 spiro atoms. The molecule has 1 atom stereocenters. The number of rotatable bonds is 3. The van der Waals surface area contributed by atoms with Crippen LogP contribution in [0.4, 0.5) is 0 Å². The third-order valence-corrected chi connectivity index (χ3v) is 4.23. The molecule has 0 aliphatic carbocycles. The summed E-state index contributed by atoms with van der Waals surface area (Å²) in [6.45, 7) is 8.42. The number of nitrogens with zero attached hydrogens (tertiary/aromatic N) is 3. The largest absolute Gasteiger partial charge is 0.361 e. The molecule has 1 aliphatic rings. The van der Waals surface area contributed by atoms with Gasteiger partial charge in [-0.25, -0.2) is 0 Å². The average molecular weight is 303 g/mol. The molecule has 1 aliphatic heterocycles. The van der Waals surface area contributed by atoms with Gasteiger partial charge in [0.2, 0.25) is 0 Å². The first-order chi connectivity index (χ1) is 10.5. The van der Waals surface area contributed by atoms with E-state index in [9.17, 15) is 4.79 Å². The summed E-state index contributed by atoms with van der Waals surface area (Å²) in [6, 6.07) is 1.91. The standard InChI is InChI=1S/C16H21N3O3/c1-9(2)12-8-14(22-18-12)13-6-5-7-19(13)16(20)15-10(3)17-21-11(15)4/h8-9,13H,5-7H2,1-4H3/t13-/m0/s1. The summed E-state index contributed by atoms with van der Waals surface area (Å²) < 4.78 is 10.6. The van der Waals surface area contributed by atoms with Gasteiger partial charge in [-0.1, -0.05) is 24.2 Å². The zero-order valence-corrected chi connectivity index (χ0v) is 13.4. The second-order valence-corrected chi connectivity index (χ2v) is 6.16. The molecule has 0 bridgehead atoms. The Bertz CT molecular complexity index is 667. The highest BCUT2D eigenvalue weighted by molar-refractivity contribution is 5.96. The quantitative estimate of drug-likeness (QED) is 0.869. The molecule has 1 saturated heterocycles. The highest BCUT2D eigenvalue weighted by atomic mass is 16.5. The van der Waals surface area contributed by atoms with Crippen molar-refractivity contribution in [3.05, 3.63) is 34.5 Å². The van der Waals surface area contributed by atoms with Crippen molar-refractivity contribution in [3.63, 3.8) is 0 Å². The number of aryl methyl sites for hydroxylation is 2. The van der Waals surface area contributed by atoms with Crippen LogP contribution in [0.3, 0.4) is 0 Å². The van der Waals surface area contributed by atoms with Gasteiger partial charge in [0.15, 0.2) is 5.76 Å². The van der Waals surface area contributed by atoms with E-state index in [1.807, 2.05) is 11.0 Å². The van der Waals surface area contributed by atoms with Crippen molar-refractivity contribution >= 4 is 5.91 Å². The maximum atomic E-state index is 12.8. The van der Waals surface area contributed by atoms with Crippen LogP contribution < -0.4 is 0 Å². The average Bonchev–Trinajstić information content (AvgIpc) is 3.17. The molecule has 22 heavy (non-hydrogen) atoms. The van der Waals surface area contributed by atoms with Gasteiger partial charge in [0.1, 0.15) is 11.3 Å². The number of hydrogen-bond acceptors (Lipinski definition) is 5. The lowest BCUT2D eigenvalue weighted by Gasteiger charge is -2.22. The second kappa shape index (κ2) is 5.59. The molecule has 3 rings (SSSR count). The second-order valence-electron chi connectivity index (χ2n) is 6.16. The zero-order valence-electron chi connectivity index (χ0n) is 13.4. The number of likely N-dealkylation sites (tertiary alicyclic amines) is 1. The van der Waals surface area contributed by atoms with Crippen molar-refractivity contribution in [1.29, 1.82) is 0 Å². The topological polar surface area (TPSA) is 72.4 Å². The van der Waals surface area contributed by atoms with Crippen LogP contribution in [0.25, 0.3) is 0 Å². The van der Waals surface area contributed by atoms with Crippen molar-refractivity contribution < 1.29 is 13.8 Å². The lowest BCUT2D eigenvalue weighted by atomic mass is 10.1. The van der Waals surface area contributed by atoms with Crippen molar-refractivity contribution in [2.75, 3.05) is 6.54 Å². The fraction of sp³-hybridized carbons (Fsp3) is 0.562. The lowest BCUT2D eigenvalue weighted by Crippen LogP contribution is -2.31. The molecule has 118 valence electrons.